The lowest BCUT2D eigenvalue weighted by atomic mass is 9.48. The van der Waals surface area contributed by atoms with Crippen molar-refractivity contribution in [2.75, 3.05) is 19.6 Å². The Bertz CT molecular complexity index is 3030. The van der Waals surface area contributed by atoms with E-state index >= 15 is 0 Å². The predicted octanol–water partition coefficient (Wildman–Crippen LogP) is 5.33. The molecule has 10 atom stereocenters. The van der Waals surface area contributed by atoms with E-state index in [9.17, 15) is 41.1 Å². The van der Waals surface area contributed by atoms with Crippen LogP contribution in [0.4, 0.5) is 4.79 Å². The molecule has 8 rings (SSSR count). The number of amides is 4. The zero-order valence-corrected chi connectivity index (χ0v) is 48.0. The molecule has 4 fully saturated rings. The van der Waals surface area contributed by atoms with Crippen molar-refractivity contribution in [3.63, 3.8) is 0 Å². The van der Waals surface area contributed by atoms with Gasteiger partial charge >= 0.3 is 6.09 Å². The second kappa shape index (κ2) is 25.5. The third kappa shape index (κ3) is 14.1. The summed E-state index contributed by atoms with van der Waals surface area (Å²) < 4.78 is 62.1. The number of hydrogen-bond acceptors (Lipinski definition) is 12. The molecule has 20 nitrogen and oxygen atoms in total. The number of aliphatic hydroxyl groups excluding tert-OH is 1. The predicted molar refractivity (Wildman–Crippen MR) is 304 cm³/mol. The summed E-state index contributed by atoms with van der Waals surface area (Å²) in [4.78, 5) is 67.4. The third-order valence-corrected chi connectivity index (χ3v) is 20.4. The van der Waals surface area contributed by atoms with Crippen LogP contribution < -0.4 is 36.9 Å². The van der Waals surface area contributed by atoms with Crippen molar-refractivity contribution >= 4 is 55.8 Å². The number of alkyl carbamates (subject to hydrolysis) is 1. The van der Waals surface area contributed by atoms with E-state index in [1.165, 1.54) is 34.7 Å². The molecule has 10 N–H and O–H groups in total. The van der Waals surface area contributed by atoms with Gasteiger partial charge in [-0.1, -0.05) is 91.2 Å². The van der Waals surface area contributed by atoms with Crippen LogP contribution in [0.5, 0.6) is 0 Å². The first-order valence-electron chi connectivity index (χ1n) is 28.1. The van der Waals surface area contributed by atoms with Crippen LogP contribution in [-0.4, -0.2) is 112 Å². The molecule has 434 valence electrons. The Kier molecular flexibility index (Phi) is 19.0. The molecule has 0 spiro atoms. The van der Waals surface area contributed by atoms with Crippen molar-refractivity contribution in [1.29, 1.82) is 0 Å². The highest BCUT2D eigenvalue weighted by atomic mass is 32.2. The SMILES string of the molecule is Cc1ccc(S(=O)(=O)NC(N)=NCCCC(NC(=O)OCc2ccccc2)C(=O)NC(CCCN=C(N)NS(=O)(=O)c2ccc(C)cc2)C(=O)N2CCCC2C(=O)N[C@H]2CC[C@H]3[C@@H]4CC=C5C[C@@H](O)CC[C@]5(C)[C@H]4CC[C@]23C)cc1. The summed E-state index contributed by atoms with van der Waals surface area (Å²) in [5.74, 6) is -0.811. The average molecular weight is 1140 g/mol. The number of nitrogens with two attached hydrogens (primary N) is 2. The molecule has 5 aliphatic rings. The monoisotopic (exact) mass is 1140 g/mol. The Hall–Kier alpha value is -6.52. The molecule has 3 aromatic rings. The lowest BCUT2D eigenvalue weighted by Gasteiger charge is -2.58. The first-order chi connectivity index (χ1) is 38.1. The minimum atomic E-state index is -4.05. The second-order valence-electron chi connectivity index (χ2n) is 23.0. The zero-order valence-electron chi connectivity index (χ0n) is 46.4. The smallest absolute Gasteiger partial charge is 0.408 e. The zero-order chi connectivity index (χ0) is 57.4. The number of ether oxygens (including phenoxy) is 1. The van der Waals surface area contributed by atoms with Gasteiger partial charge in [-0.05, 0) is 162 Å². The standard InChI is InChI=1S/C58H80N10O10S2/c1-37-16-21-42(22-17-37)79(74,75)66-54(59)61-32-8-13-47(64-56(73)78-36-39-11-6-5-7-12-39)51(70)63-48(14-9-33-62-55(60)67-80(76,77)43-23-18-38(2)19-24-43)53(72)68-34-10-15-49(68)52(71)65-50-27-26-45-44-25-20-40-35-41(69)28-30-57(40,3)46(44)29-31-58(45,50)4/h5-7,11-12,16-24,41,44-50,69H,8-10,13-15,25-36H2,1-4H3,(H,63,70)(H,64,73)(H,65,71)(H3,59,61,66)(H3,60,62,67)/t41-,44-,45-,46-,47?,48?,49?,50-,57-,58-/m0/s1. The number of guanidine groups is 2. The number of likely N-dealkylation sites (tertiary alicyclic amines) is 1. The number of aliphatic hydroxyl groups is 1. The number of nitrogens with one attached hydrogen (secondary N) is 5. The van der Waals surface area contributed by atoms with Crippen molar-refractivity contribution in [3.05, 3.63) is 107 Å². The molecule has 1 heterocycles. The quantitative estimate of drug-likeness (QED) is 0.0308. The largest absolute Gasteiger partial charge is 0.445 e. The maximum Gasteiger partial charge on any atom is 0.408 e. The van der Waals surface area contributed by atoms with Crippen molar-refractivity contribution in [3.8, 4) is 0 Å². The number of sulfonamides is 2. The molecule has 0 bridgehead atoms. The van der Waals surface area contributed by atoms with Crippen molar-refractivity contribution in [2.45, 2.75) is 164 Å². The number of benzene rings is 3. The van der Waals surface area contributed by atoms with Crippen LogP contribution in [0.15, 0.2) is 110 Å². The molecule has 3 aromatic carbocycles. The topological polar surface area (TPSA) is 306 Å². The van der Waals surface area contributed by atoms with Crippen LogP contribution >= 0.6 is 0 Å². The highest BCUT2D eigenvalue weighted by molar-refractivity contribution is 7.90. The number of allylic oxidation sites excluding steroid dienone is 1. The Morgan fingerprint density at radius 2 is 1.35 bits per heavy atom. The molecule has 4 aliphatic carbocycles. The van der Waals surface area contributed by atoms with Crippen LogP contribution in [-0.2, 0) is 45.8 Å². The molecule has 0 radical (unpaired) electrons. The van der Waals surface area contributed by atoms with E-state index in [1.54, 1.807) is 48.5 Å². The number of carbonyl (C=O) groups is 4. The first-order valence-corrected chi connectivity index (χ1v) is 31.1. The van der Waals surface area contributed by atoms with Crippen LogP contribution in [0.2, 0.25) is 0 Å². The minimum Gasteiger partial charge on any atom is -0.445 e. The van der Waals surface area contributed by atoms with E-state index in [0.717, 1.165) is 62.5 Å². The van der Waals surface area contributed by atoms with Gasteiger partial charge in [0.2, 0.25) is 29.6 Å². The van der Waals surface area contributed by atoms with E-state index in [2.05, 4.69) is 55.3 Å². The number of rotatable bonds is 20. The highest BCUT2D eigenvalue weighted by Gasteiger charge is 2.59. The average Bonchev–Trinajstić information content (AvgIpc) is 4.11. The molecule has 0 aromatic heterocycles. The van der Waals surface area contributed by atoms with Gasteiger partial charge in [0.25, 0.3) is 20.0 Å². The molecular formula is C58H80N10O10S2. The molecule has 3 saturated carbocycles. The first kappa shape index (κ1) is 59.6. The van der Waals surface area contributed by atoms with Gasteiger partial charge in [-0.25, -0.2) is 31.1 Å². The molecule has 80 heavy (non-hydrogen) atoms. The fourth-order valence-corrected chi connectivity index (χ4v) is 15.1. The van der Waals surface area contributed by atoms with Crippen molar-refractivity contribution in [1.82, 2.24) is 30.3 Å². The van der Waals surface area contributed by atoms with Gasteiger partial charge in [0.05, 0.1) is 15.9 Å². The van der Waals surface area contributed by atoms with E-state index in [0.29, 0.717) is 36.2 Å². The molecule has 22 heteroatoms. The van der Waals surface area contributed by atoms with Gasteiger partial charge in [-0.2, -0.15) is 0 Å². The van der Waals surface area contributed by atoms with Gasteiger partial charge in [0.15, 0.2) is 0 Å². The summed E-state index contributed by atoms with van der Waals surface area (Å²) in [6.07, 6.45) is 9.75. The Morgan fingerprint density at radius 3 is 1.96 bits per heavy atom. The number of aliphatic imine (C=N–C) groups is 2. The minimum absolute atomic E-state index is 0.00537. The maximum absolute atomic E-state index is 15.0. The van der Waals surface area contributed by atoms with Gasteiger partial charge in [0.1, 0.15) is 24.7 Å². The van der Waals surface area contributed by atoms with E-state index in [-0.39, 0.29) is 103 Å². The summed E-state index contributed by atoms with van der Waals surface area (Å²) in [6, 6.07) is 17.9. The molecule has 4 amide bonds. The van der Waals surface area contributed by atoms with Crippen LogP contribution in [0.3, 0.4) is 0 Å². The van der Waals surface area contributed by atoms with E-state index < -0.39 is 56.1 Å². The van der Waals surface area contributed by atoms with Gasteiger partial charge in [0, 0.05) is 25.7 Å². The Morgan fingerprint density at radius 1 is 0.750 bits per heavy atom. The van der Waals surface area contributed by atoms with Gasteiger partial charge in [-0.3, -0.25) is 24.4 Å². The van der Waals surface area contributed by atoms with E-state index in [4.69, 9.17) is 16.2 Å². The summed E-state index contributed by atoms with van der Waals surface area (Å²) >= 11 is 0. The van der Waals surface area contributed by atoms with Crippen LogP contribution in [0.25, 0.3) is 0 Å². The summed E-state index contributed by atoms with van der Waals surface area (Å²) in [6.45, 7) is 8.43. The molecular weight excluding hydrogens is 1060 g/mol. The molecule has 1 aliphatic heterocycles. The highest BCUT2D eigenvalue weighted by Crippen LogP contribution is 2.65. The van der Waals surface area contributed by atoms with Crippen molar-refractivity contribution in [2.24, 2.45) is 50.0 Å². The summed E-state index contributed by atoms with van der Waals surface area (Å²) in [5, 5.41) is 19.5. The molecule has 1 saturated heterocycles. The third-order valence-electron chi connectivity index (χ3n) is 17.7. The number of hydrogen-bond donors (Lipinski definition) is 8. The second-order valence-corrected chi connectivity index (χ2v) is 26.4. The van der Waals surface area contributed by atoms with E-state index in [1.807, 2.05) is 19.9 Å². The summed E-state index contributed by atoms with van der Waals surface area (Å²) in [5.41, 5.74) is 15.9. The Balaban J connectivity index is 0.970. The van der Waals surface area contributed by atoms with Gasteiger partial charge in [-0.15, -0.1) is 0 Å². The van der Waals surface area contributed by atoms with Gasteiger partial charge < -0.3 is 42.2 Å². The maximum atomic E-state index is 15.0. The van der Waals surface area contributed by atoms with Crippen LogP contribution in [0, 0.1) is 42.4 Å². The summed E-state index contributed by atoms with van der Waals surface area (Å²) in [7, 11) is -8.10. The molecule has 3 unspecified atom stereocenters. The number of carbonyl (C=O) groups excluding carboxylic acids is 4. The number of fused-ring (bicyclic) bond motifs is 5. The lowest BCUT2D eigenvalue weighted by Crippen LogP contribution is -2.58. The fourth-order valence-electron chi connectivity index (χ4n) is 13.2. The normalized spacial score (nSPS) is 26.6. The fraction of sp³-hybridized carbons (Fsp3) is 0.552. The lowest BCUT2D eigenvalue weighted by molar-refractivity contribution is -0.142. The number of nitrogens with zero attached hydrogens (tertiary/aromatic N) is 3. The Labute approximate surface area is 470 Å². The van der Waals surface area contributed by atoms with Crippen LogP contribution in [0.1, 0.15) is 120 Å². The van der Waals surface area contributed by atoms with Crippen molar-refractivity contribution < 1.29 is 45.9 Å². The number of aryl methyl sites for hydroxylation is 2.